The molecule has 0 aliphatic rings. The van der Waals surface area contributed by atoms with Crippen molar-refractivity contribution in [2.75, 3.05) is 39.6 Å². The van der Waals surface area contributed by atoms with Crippen molar-refractivity contribution in [3.8, 4) is 0 Å². The van der Waals surface area contributed by atoms with Gasteiger partial charge in [-0.1, -0.05) is 336 Å². The third-order valence-electron chi connectivity index (χ3n) is 18.0. The number of carbonyl (C=O) groups is 4. The van der Waals surface area contributed by atoms with Gasteiger partial charge >= 0.3 is 39.5 Å². The molecule has 0 aromatic carbocycles. The number of aliphatic hydroxyl groups excluding tert-OH is 1. The Balaban J connectivity index is 5.29. The first-order valence-corrected chi connectivity index (χ1v) is 43.7. The molecule has 0 saturated heterocycles. The van der Waals surface area contributed by atoms with Crippen LogP contribution in [0.4, 0.5) is 0 Å². The Bertz CT molecular complexity index is 2020. The van der Waals surface area contributed by atoms with Crippen molar-refractivity contribution in [2.45, 2.75) is 407 Å². The predicted octanol–water partition coefficient (Wildman–Crippen LogP) is 23.3. The van der Waals surface area contributed by atoms with Crippen LogP contribution in [0.25, 0.3) is 0 Å². The third-order valence-corrected chi connectivity index (χ3v) is 19.9. The fourth-order valence-corrected chi connectivity index (χ4v) is 13.3. The van der Waals surface area contributed by atoms with E-state index in [2.05, 4.69) is 72.8 Å². The van der Waals surface area contributed by atoms with E-state index < -0.39 is 97.5 Å². The lowest BCUT2D eigenvalue weighted by atomic mass is 10.0. The Morgan fingerprint density at radius 3 is 0.818 bits per heavy atom. The monoisotopic (exact) mass is 1450 g/mol. The average molecular weight is 1450 g/mol. The van der Waals surface area contributed by atoms with E-state index in [4.69, 9.17) is 37.0 Å². The van der Waals surface area contributed by atoms with E-state index in [-0.39, 0.29) is 25.7 Å². The molecule has 0 aliphatic carbocycles. The molecule has 0 fully saturated rings. The van der Waals surface area contributed by atoms with Crippen molar-refractivity contribution in [2.24, 2.45) is 17.8 Å². The van der Waals surface area contributed by atoms with Crippen LogP contribution in [0.5, 0.6) is 0 Å². The van der Waals surface area contributed by atoms with Crippen molar-refractivity contribution in [1.29, 1.82) is 0 Å². The van der Waals surface area contributed by atoms with Crippen LogP contribution < -0.4 is 0 Å². The van der Waals surface area contributed by atoms with Crippen LogP contribution in [0.1, 0.15) is 389 Å². The minimum absolute atomic E-state index is 0.101. The molecule has 0 spiro atoms. The summed E-state index contributed by atoms with van der Waals surface area (Å²) in [5, 5.41) is 10.6. The molecule has 2 unspecified atom stereocenters. The van der Waals surface area contributed by atoms with E-state index in [1.165, 1.54) is 180 Å². The number of carbonyl (C=O) groups excluding carboxylic acids is 4. The fourth-order valence-electron chi connectivity index (χ4n) is 11.8. The Hall–Kier alpha value is -2.46. The van der Waals surface area contributed by atoms with Crippen molar-refractivity contribution in [1.82, 2.24) is 0 Å². The summed E-state index contributed by atoms with van der Waals surface area (Å²) < 4.78 is 68.6. The summed E-state index contributed by atoms with van der Waals surface area (Å²) in [4.78, 5) is 73.0. The highest BCUT2D eigenvalue weighted by molar-refractivity contribution is 7.47. The average Bonchev–Trinajstić information content (AvgIpc) is 1.16. The first-order chi connectivity index (χ1) is 47.7. The minimum atomic E-state index is -4.97. The van der Waals surface area contributed by atoms with Gasteiger partial charge in [0.2, 0.25) is 0 Å². The predicted molar refractivity (Wildman–Crippen MR) is 404 cm³/mol. The van der Waals surface area contributed by atoms with Gasteiger partial charge in [0, 0.05) is 25.7 Å². The van der Waals surface area contributed by atoms with Crippen molar-refractivity contribution >= 4 is 39.5 Å². The van der Waals surface area contributed by atoms with Gasteiger partial charge in [-0.25, -0.2) is 9.13 Å². The zero-order valence-electron chi connectivity index (χ0n) is 64.4. The molecule has 3 N–H and O–H groups in total. The lowest BCUT2D eigenvalue weighted by Gasteiger charge is -2.21. The summed E-state index contributed by atoms with van der Waals surface area (Å²) in [6, 6.07) is 0. The van der Waals surface area contributed by atoms with Gasteiger partial charge in [0.1, 0.15) is 19.3 Å². The number of rotatable bonds is 76. The van der Waals surface area contributed by atoms with Crippen LogP contribution in [-0.4, -0.2) is 96.7 Å². The SMILES string of the molecule is CCCCCC/C=C\C=C/CCCCCCCC(=O)OC[C@H](COP(=O)(O)OC[C@@H](O)COP(=O)(O)OC[C@@H](COC(=O)CCCCCCCCCCCC(C)C)OC(=O)CCCCCCCCCCCCC(C)C)OC(=O)CCCCCCCCCCCCCCCCCCC(C)C. The second-order valence-electron chi connectivity index (χ2n) is 29.5. The number of phosphoric acid groups is 2. The molecular weight excluding hydrogens is 1290 g/mol. The van der Waals surface area contributed by atoms with Crippen LogP contribution in [0.15, 0.2) is 24.3 Å². The molecule has 0 bridgehead atoms. The summed E-state index contributed by atoms with van der Waals surface area (Å²) in [5.74, 6) is 0.157. The van der Waals surface area contributed by atoms with E-state index in [1.54, 1.807) is 0 Å². The first-order valence-electron chi connectivity index (χ1n) is 40.7. The van der Waals surface area contributed by atoms with Crippen LogP contribution >= 0.6 is 15.6 Å². The van der Waals surface area contributed by atoms with Crippen molar-refractivity contribution < 1.29 is 80.2 Å². The lowest BCUT2D eigenvalue weighted by molar-refractivity contribution is -0.161. The van der Waals surface area contributed by atoms with E-state index in [0.717, 1.165) is 127 Å². The van der Waals surface area contributed by atoms with Gasteiger partial charge in [-0.2, -0.15) is 0 Å². The normalized spacial score (nSPS) is 14.2. The Kier molecular flexibility index (Phi) is 68.1. The van der Waals surface area contributed by atoms with Gasteiger partial charge in [-0.05, 0) is 69.1 Å². The fraction of sp³-hybridized carbons (Fsp3) is 0.900. The minimum Gasteiger partial charge on any atom is -0.462 e. The van der Waals surface area contributed by atoms with Gasteiger partial charge in [0.05, 0.1) is 26.4 Å². The second-order valence-corrected chi connectivity index (χ2v) is 32.5. The summed E-state index contributed by atoms with van der Waals surface area (Å²) in [6.07, 6.45) is 60.5. The molecule has 584 valence electrons. The van der Waals surface area contributed by atoms with E-state index >= 15 is 0 Å². The van der Waals surface area contributed by atoms with Crippen molar-refractivity contribution in [3.63, 3.8) is 0 Å². The van der Waals surface area contributed by atoms with Gasteiger partial charge in [-0.15, -0.1) is 0 Å². The van der Waals surface area contributed by atoms with Crippen LogP contribution in [0.2, 0.25) is 0 Å². The zero-order valence-corrected chi connectivity index (χ0v) is 66.2. The summed E-state index contributed by atoms with van der Waals surface area (Å²) >= 11 is 0. The van der Waals surface area contributed by atoms with Gasteiger partial charge < -0.3 is 33.8 Å². The van der Waals surface area contributed by atoms with E-state index in [0.29, 0.717) is 25.7 Å². The lowest BCUT2D eigenvalue weighted by Crippen LogP contribution is -2.30. The maximum absolute atomic E-state index is 13.1. The molecule has 5 atom stereocenters. The number of phosphoric ester groups is 2. The number of unbranched alkanes of at least 4 members (excludes halogenated alkanes) is 41. The van der Waals surface area contributed by atoms with E-state index in [9.17, 15) is 43.2 Å². The standard InChI is InChI=1S/C80H152O17P2/c1-8-9-10-11-12-13-14-15-18-22-25-33-40-47-54-61-77(82)90-67-75(96-79(84)63-56-49-42-34-26-23-20-17-16-19-21-24-30-37-44-51-58-71(2)3)69-94-98(86,87)92-65-74(81)66-93-99(88,89)95-70-76(68-91-78(83)62-55-48-41-36-29-32-39-46-53-60-73(6)7)97-80(85)64-57-50-43-35-28-27-31-38-45-52-59-72(4)5/h13-15,18,71-76,81H,8-12,16-17,19-70H2,1-7H3,(H,86,87)(H,88,89)/b14-13-,18-15-/t74-,75-,76-/m1/s1. The third kappa shape index (κ3) is 73.6. The molecule has 0 saturated carbocycles. The molecule has 0 aromatic heterocycles. The molecule has 0 heterocycles. The molecule has 0 aromatic rings. The maximum atomic E-state index is 13.1. The van der Waals surface area contributed by atoms with Crippen LogP contribution in [-0.2, 0) is 65.4 Å². The highest BCUT2D eigenvalue weighted by Crippen LogP contribution is 2.45. The highest BCUT2D eigenvalue weighted by Gasteiger charge is 2.30. The first kappa shape index (κ1) is 96.5. The summed E-state index contributed by atoms with van der Waals surface area (Å²) in [7, 11) is -9.93. The van der Waals surface area contributed by atoms with Gasteiger partial charge in [0.15, 0.2) is 12.2 Å². The number of hydrogen-bond acceptors (Lipinski definition) is 15. The summed E-state index contributed by atoms with van der Waals surface area (Å²) in [6.45, 7) is 11.9. The molecule has 19 heteroatoms. The topological polar surface area (TPSA) is 237 Å². The number of esters is 4. The number of allylic oxidation sites excluding steroid dienone is 4. The molecule has 0 amide bonds. The van der Waals surface area contributed by atoms with Crippen LogP contribution in [0, 0.1) is 17.8 Å². The van der Waals surface area contributed by atoms with Gasteiger partial charge in [0.25, 0.3) is 0 Å². The molecule has 0 radical (unpaired) electrons. The second kappa shape index (κ2) is 69.9. The molecule has 99 heavy (non-hydrogen) atoms. The van der Waals surface area contributed by atoms with Gasteiger partial charge in [-0.3, -0.25) is 37.3 Å². The largest absolute Gasteiger partial charge is 0.472 e. The quantitative estimate of drug-likeness (QED) is 0.0169. The molecular formula is C80H152O17P2. The van der Waals surface area contributed by atoms with E-state index in [1.807, 2.05) is 0 Å². The Morgan fingerprint density at radius 2 is 0.545 bits per heavy atom. The Morgan fingerprint density at radius 1 is 0.313 bits per heavy atom. The van der Waals surface area contributed by atoms with Crippen LogP contribution in [0.3, 0.4) is 0 Å². The number of aliphatic hydroxyl groups is 1. The molecule has 0 rings (SSSR count). The maximum Gasteiger partial charge on any atom is 0.472 e. The van der Waals surface area contributed by atoms with Crippen molar-refractivity contribution in [3.05, 3.63) is 24.3 Å². The highest BCUT2D eigenvalue weighted by atomic mass is 31.2. The molecule has 17 nitrogen and oxygen atoms in total. The smallest absolute Gasteiger partial charge is 0.462 e. The molecule has 0 aliphatic heterocycles. The number of hydrogen-bond donors (Lipinski definition) is 3. The Labute approximate surface area is 605 Å². The number of ether oxygens (including phenoxy) is 4. The summed E-state index contributed by atoms with van der Waals surface area (Å²) in [5.41, 5.74) is 0. The zero-order chi connectivity index (χ0) is 73.0.